The van der Waals surface area contributed by atoms with Crippen LogP contribution in [0.4, 0.5) is 5.69 Å². The summed E-state index contributed by atoms with van der Waals surface area (Å²) < 4.78 is 25.1. The van der Waals surface area contributed by atoms with Crippen LogP contribution in [0.3, 0.4) is 0 Å². The maximum atomic E-state index is 12.2. The van der Waals surface area contributed by atoms with E-state index in [1.165, 1.54) is 0 Å². The lowest BCUT2D eigenvalue weighted by molar-refractivity contribution is -0.119. The normalized spacial score (nSPS) is 11.1. The minimum Gasteiger partial charge on any atom is -0.350 e. The van der Waals surface area contributed by atoms with Gasteiger partial charge in [-0.1, -0.05) is 47.5 Å². The molecule has 0 fully saturated rings. The summed E-state index contributed by atoms with van der Waals surface area (Å²) in [5.74, 6) is -0.345. The van der Waals surface area contributed by atoms with Crippen LogP contribution in [0.5, 0.6) is 0 Å². The second kappa shape index (κ2) is 7.49. The third-order valence-electron chi connectivity index (χ3n) is 3.58. The smallest absolute Gasteiger partial charge is 0.241 e. The van der Waals surface area contributed by atoms with E-state index < -0.39 is 10.0 Å². The van der Waals surface area contributed by atoms with E-state index in [0.29, 0.717) is 12.2 Å². The lowest BCUT2D eigenvalue weighted by Gasteiger charge is -2.22. The van der Waals surface area contributed by atoms with E-state index in [9.17, 15) is 13.2 Å². The highest BCUT2D eigenvalue weighted by Crippen LogP contribution is 2.17. The Morgan fingerprint density at radius 1 is 1.04 bits per heavy atom. The summed E-state index contributed by atoms with van der Waals surface area (Å²) in [6.45, 7) is 4.02. The van der Waals surface area contributed by atoms with E-state index >= 15 is 0 Å². The molecule has 6 heteroatoms. The van der Waals surface area contributed by atoms with Gasteiger partial charge < -0.3 is 5.32 Å². The van der Waals surface area contributed by atoms with Gasteiger partial charge in [0.2, 0.25) is 15.9 Å². The molecule has 0 saturated carbocycles. The van der Waals surface area contributed by atoms with Crippen molar-refractivity contribution in [2.45, 2.75) is 20.4 Å². The molecule has 2 aromatic carbocycles. The van der Waals surface area contributed by atoms with Gasteiger partial charge in [-0.3, -0.25) is 9.10 Å². The Hall–Kier alpha value is -2.34. The SMILES string of the molecule is Cc1ccc(N(CC(=O)NCc2cccc(C)c2)S(C)(=O)=O)cc1. The average molecular weight is 346 g/mol. The number of rotatable bonds is 6. The molecule has 128 valence electrons. The summed E-state index contributed by atoms with van der Waals surface area (Å²) in [6.07, 6.45) is 1.10. The van der Waals surface area contributed by atoms with Crippen LogP contribution in [-0.4, -0.2) is 27.1 Å². The number of amides is 1. The maximum Gasteiger partial charge on any atom is 0.241 e. The average Bonchev–Trinajstić information content (AvgIpc) is 2.51. The molecule has 0 heterocycles. The Morgan fingerprint density at radius 2 is 1.71 bits per heavy atom. The number of aryl methyl sites for hydroxylation is 2. The molecule has 24 heavy (non-hydrogen) atoms. The van der Waals surface area contributed by atoms with Crippen molar-refractivity contribution in [1.29, 1.82) is 0 Å². The summed E-state index contributed by atoms with van der Waals surface area (Å²) in [5.41, 5.74) is 3.59. The number of carbonyl (C=O) groups is 1. The van der Waals surface area contributed by atoms with Gasteiger partial charge in [-0.2, -0.15) is 0 Å². The van der Waals surface area contributed by atoms with E-state index in [1.54, 1.807) is 12.1 Å². The predicted molar refractivity (Wildman–Crippen MR) is 96.4 cm³/mol. The van der Waals surface area contributed by atoms with E-state index in [4.69, 9.17) is 0 Å². The number of carbonyl (C=O) groups excluding carboxylic acids is 1. The van der Waals surface area contributed by atoms with Crippen molar-refractivity contribution in [2.24, 2.45) is 0 Å². The topological polar surface area (TPSA) is 66.5 Å². The third-order valence-corrected chi connectivity index (χ3v) is 4.72. The minimum absolute atomic E-state index is 0.242. The number of hydrogen-bond donors (Lipinski definition) is 1. The van der Waals surface area contributed by atoms with E-state index in [2.05, 4.69) is 5.32 Å². The highest BCUT2D eigenvalue weighted by molar-refractivity contribution is 7.92. The van der Waals surface area contributed by atoms with Crippen molar-refractivity contribution >= 4 is 21.6 Å². The standard InChI is InChI=1S/C18H22N2O3S/c1-14-7-9-17(10-8-14)20(24(3,22)23)13-18(21)19-12-16-6-4-5-15(2)11-16/h4-11H,12-13H2,1-3H3,(H,19,21). The molecular weight excluding hydrogens is 324 g/mol. The summed E-state index contributed by atoms with van der Waals surface area (Å²) in [5, 5.41) is 2.76. The molecule has 1 N–H and O–H groups in total. The molecule has 5 nitrogen and oxygen atoms in total. The maximum absolute atomic E-state index is 12.2. The second-order valence-corrected chi connectivity index (χ2v) is 7.78. The number of anilines is 1. The van der Waals surface area contributed by atoms with Crippen LogP contribution in [0.1, 0.15) is 16.7 Å². The largest absolute Gasteiger partial charge is 0.350 e. The first-order chi connectivity index (χ1) is 11.3. The van der Waals surface area contributed by atoms with Gasteiger partial charge in [-0.05, 0) is 31.5 Å². The fourth-order valence-electron chi connectivity index (χ4n) is 2.32. The van der Waals surface area contributed by atoms with Gasteiger partial charge >= 0.3 is 0 Å². The molecule has 1 amide bonds. The van der Waals surface area contributed by atoms with E-state index in [1.807, 2.05) is 50.2 Å². The Balaban J connectivity index is 2.06. The number of benzene rings is 2. The highest BCUT2D eigenvalue weighted by Gasteiger charge is 2.20. The van der Waals surface area contributed by atoms with Crippen LogP contribution < -0.4 is 9.62 Å². The van der Waals surface area contributed by atoms with Crippen LogP contribution in [0, 0.1) is 13.8 Å². The van der Waals surface area contributed by atoms with Crippen LogP contribution in [0.2, 0.25) is 0 Å². The van der Waals surface area contributed by atoms with E-state index in [-0.39, 0.29) is 12.5 Å². The minimum atomic E-state index is -3.54. The van der Waals surface area contributed by atoms with Gasteiger partial charge in [-0.25, -0.2) is 8.42 Å². The highest BCUT2D eigenvalue weighted by atomic mass is 32.2. The van der Waals surface area contributed by atoms with Crippen molar-refractivity contribution < 1.29 is 13.2 Å². The zero-order chi connectivity index (χ0) is 17.7. The molecule has 0 aliphatic rings. The van der Waals surface area contributed by atoms with Crippen molar-refractivity contribution in [3.8, 4) is 0 Å². The lowest BCUT2D eigenvalue weighted by atomic mass is 10.1. The van der Waals surface area contributed by atoms with Crippen molar-refractivity contribution in [1.82, 2.24) is 5.32 Å². The molecule has 2 aromatic rings. The summed E-state index contributed by atoms with van der Waals surface area (Å²) in [6, 6.07) is 14.8. The first kappa shape index (κ1) is 18.0. The van der Waals surface area contributed by atoms with Crippen LogP contribution in [0.15, 0.2) is 48.5 Å². The molecule has 0 aliphatic heterocycles. The molecule has 0 unspecified atom stereocenters. The Bertz CT molecular complexity index is 814. The van der Waals surface area contributed by atoms with Gasteiger partial charge in [0, 0.05) is 6.54 Å². The fourth-order valence-corrected chi connectivity index (χ4v) is 3.18. The van der Waals surface area contributed by atoms with Crippen molar-refractivity contribution in [3.05, 3.63) is 65.2 Å². The predicted octanol–water partition coefficient (Wildman–Crippen LogP) is 2.39. The summed E-state index contributed by atoms with van der Waals surface area (Å²) in [4.78, 5) is 12.2. The van der Waals surface area contributed by atoms with Gasteiger partial charge in [0.15, 0.2) is 0 Å². The molecule has 2 rings (SSSR count). The molecule has 0 aliphatic carbocycles. The monoisotopic (exact) mass is 346 g/mol. The van der Waals surface area contributed by atoms with Gasteiger partial charge in [0.1, 0.15) is 6.54 Å². The summed E-state index contributed by atoms with van der Waals surface area (Å²) >= 11 is 0. The van der Waals surface area contributed by atoms with Gasteiger partial charge in [0.05, 0.1) is 11.9 Å². The lowest BCUT2D eigenvalue weighted by Crippen LogP contribution is -2.40. The molecule has 0 spiro atoms. The van der Waals surface area contributed by atoms with Gasteiger partial charge in [-0.15, -0.1) is 0 Å². The first-order valence-corrected chi connectivity index (χ1v) is 9.47. The van der Waals surface area contributed by atoms with Crippen molar-refractivity contribution in [2.75, 3.05) is 17.1 Å². The number of sulfonamides is 1. The zero-order valence-electron chi connectivity index (χ0n) is 14.1. The molecule has 0 saturated heterocycles. The summed E-state index contributed by atoms with van der Waals surface area (Å²) in [7, 11) is -3.54. The van der Waals surface area contributed by atoms with Crippen molar-refractivity contribution in [3.63, 3.8) is 0 Å². The Kier molecular flexibility index (Phi) is 5.62. The number of nitrogens with zero attached hydrogens (tertiary/aromatic N) is 1. The molecular formula is C18H22N2O3S. The zero-order valence-corrected chi connectivity index (χ0v) is 14.9. The quantitative estimate of drug-likeness (QED) is 0.873. The second-order valence-electron chi connectivity index (χ2n) is 5.87. The third kappa shape index (κ3) is 5.09. The van der Waals surface area contributed by atoms with E-state index in [0.717, 1.165) is 27.3 Å². The Labute approximate surface area is 143 Å². The van der Waals surface area contributed by atoms with Gasteiger partial charge in [0.25, 0.3) is 0 Å². The van der Waals surface area contributed by atoms with Crippen LogP contribution in [-0.2, 0) is 21.4 Å². The molecule has 0 bridgehead atoms. The molecule has 0 aromatic heterocycles. The molecule has 0 atom stereocenters. The van der Waals surface area contributed by atoms with Crippen LogP contribution >= 0.6 is 0 Å². The fraction of sp³-hybridized carbons (Fsp3) is 0.278. The molecule has 0 radical (unpaired) electrons. The number of nitrogens with one attached hydrogen (secondary N) is 1. The number of hydrogen-bond acceptors (Lipinski definition) is 3. The van der Waals surface area contributed by atoms with Crippen LogP contribution in [0.25, 0.3) is 0 Å². The Morgan fingerprint density at radius 3 is 2.29 bits per heavy atom. The first-order valence-electron chi connectivity index (χ1n) is 7.62.